The van der Waals surface area contributed by atoms with Crippen molar-refractivity contribution in [1.29, 1.82) is 0 Å². The molecular weight excluding hydrogens is 214 g/mol. The zero-order valence-electron chi connectivity index (χ0n) is 9.35. The van der Waals surface area contributed by atoms with E-state index in [1.807, 2.05) is 6.92 Å². The number of rotatable bonds is 6. The van der Waals surface area contributed by atoms with Crippen LogP contribution in [0.4, 0.5) is 0 Å². The summed E-state index contributed by atoms with van der Waals surface area (Å²) in [6.07, 6.45) is 4.07. The molecule has 1 atom stereocenters. The van der Waals surface area contributed by atoms with Crippen molar-refractivity contribution >= 4 is 10.0 Å². The molecule has 0 aromatic carbocycles. The van der Waals surface area contributed by atoms with Crippen molar-refractivity contribution in [2.24, 2.45) is 0 Å². The normalized spacial score (nSPS) is 23.5. The second-order valence-electron chi connectivity index (χ2n) is 4.09. The van der Waals surface area contributed by atoms with E-state index >= 15 is 0 Å². The predicted octanol–water partition coefficient (Wildman–Crippen LogP) is 0.963. The highest BCUT2D eigenvalue weighted by molar-refractivity contribution is 7.89. The van der Waals surface area contributed by atoms with Gasteiger partial charge in [0.05, 0.1) is 5.75 Å². The third kappa shape index (κ3) is 3.43. The van der Waals surface area contributed by atoms with Gasteiger partial charge in [-0.2, -0.15) is 4.31 Å². The molecule has 0 bridgehead atoms. The van der Waals surface area contributed by atoms with E-state index in [-0.39, 0.29) is 18.4 Å². The molecule has 1 heterocycles. The second-order valence-corrected chi connectivity index (χ2v) is 6.13. The van der Waals surface area contributed by atoms with Crippen LogP contribution in [-0.4, -0.2) is 42.8 Å². The Morgan fingerprint density at radius 2 is 2.20 bits per heavy atom. The van der Waals surface area contributed by atoms with Crippen LogP contribution in [0.1, 0.15) is 39.0 Å². The van der Waals surface area contributed by atoms with Crippen molar-refractivity contribution in [3.8, 4) is 0 Å². The number of hydrogen-bond donors (Lipinski definition) is 1. The summed E-state index contributed by atoms with van der Waals surface area (Å²) in [4.78, 5) is 0. The number of sulfonamides is 1. The zero-order valence-corrected chi connectivity index (χ0v) is 10.2. The first-order valence-corrected chi connectivity index (χ1v) is 7.33. The molecule has 1 N–H and O–H groups in total. The van der Waals surface area contributed by atoms with Gasteiger partial charge < -0.3 is 5.11 Å². The lowest BCUT2D eigenvalue weighted by Crippen LogP contribution is -2.37. The SMILES string of the molecule is CCCS(=O)(=O)N1CCCC1CCCO. The van der Waals surface area contributed by atoms with Crippen molar-refractivity contribution in [2.45, 2.75) is 45.1 Å². The third-order valence-corrected chi connectivity index (χ3v) is 4.96. The van der Waals surface area contributed by atoms with E-state index in [1.165, 1.54) is 0 Å². The summed E-state index contributed by atoms with van der Waals surface area (Å²) in [5.41, 5.74) is 0. The van der Waals surface area contributed by atoms with Crippen LogP contribution in [0.3, 0.4) is 0 Å². The number of nitrogens with zero attached hydrogens (tertiary/aromatic N) is 1. The van der Waals surface area contributed by atoms with Gasteiger partial charge >= 0.3 is 0 Å². The van der Waals surface area contributed by atoms with E-state index < -0.39 is 10.0 Å². The molecular formula is C10H21NO3S. The van der Waals surface area contributed by atoms with Gasteiger partial charge in [0.25, 0.3) is 0 Å². The van der Waals surface area contributed by atoms with Crippen LogP contribution in [0.5, 0.6) is 0 Å². The summed E-state index contributed by atoms with van der Waals surface area (Å²) >= 11 is 0. The maximum absolute atomic E-state index is 11.9. The summed E-state index contributed by atoms with van der Waals surface area (Å²) in [5.74, 6) is 0.253. The molecule has 1 aliphatic heterocycles. The molecule has 1 fully saturated rings. The highest BCUT2D eigenvalue weighted by Crippen LogP contribution is 2.24. The number of hydrogen-bond acceptors (Lipinski definition) is 3. The van der Waals surface area contributed by atoms with Crippen LogP contribution in [0.15, 0.2) is 0 Å². The predicted molar refractivity (Wildman–Crippen MR) is 60.1 cm³/mol. The first-order valence-electron chi connectivity index (χ1n) is 5.72. The van der Waals surface area contributed by atoms with Gasteiger partial charge in [0, 0.05) is 19.2 Å². The lowest BCUT2D eigenvalue weighted by molar-refractivity contribution is 0.264. The van der Waals surface area contributed by atoms with Gasteiger partial charge in [0.2, 0.25) is 10.0 Å². The molecule has 0 aromatic rings. The van der Waals surface area contributed by atoms with Crippen molar-refractivity contribution < 1.29 is 13.5 Å². The fraction of sp³-hybridized carbons (Fsp3) is 1.00. The van der Waals surface area contributed by atoms with Gasteiger partial charge in [0.15, 0.2) is 0 Å². The zero-order chi connectivity index (χ0) is 11.3. The maximum atomic E-state index is 11.9. The molecule has 0 saturated carbocycles. The van der Waals surface area contributed by atoms with Crippen molar-refractivity contribution in [2.75, 3.05) is 18.9 Å². The minimum Gasteiger partial charge on any atom is -0.396 e. The quantitative estimate of drug-likeness (QED) is 0.746. The summed E-state index contributed by atoms with van der Waals surface area (Å²) in [6, 6.07) is 0.133. The Bertz CT molecular complexity index is 276. The topological polar surface area (TPSA) is 57.6 Å². The molecule has 0 aromatic heterocycles. The maximum Gasteiger partial charge on any atom is 0.214 e. The Morgan fingerprint density at radius 1 is 1.47 bits per heavy atom. The molecule has 0 spiro atoms. The molecule has 0 radical (unpaired) electrons. The van der Waals surface area contributed by atoms with Crippen LogP contribution in [0.25, 0.3) is 0 Å². The minimum atomic E-state index is -3.04. The molecule has 90 valence electrons. The van der Waals surface area contributed by atoms with Crippen LogP contribution < -0.4 is 0 Å². The molecule has 15 heavy (non-hydrogen) atoms. The lowest BCUT2D eigenvalue weighted by atomic mass is 10.1. The summed E-state index contributed by atoms with van der Waals surface area (Å²) in [7, 11) is -3.04. The van der Waals surface area contributed by atoms with E-state index in [1.54, 1.807) is 4.31 Å². The van der Waals surface area contributed by atoms with Gasteiger partial charge in [-0.3, -0.25) is 0 Å². The Hall–Kier alpha value is -0.130. The first-order chi connectivity index (χ1) is 7.11. The smallest absolute Gasteiger partial charge is 0.214 e. The average molecular weight is 235 g/mol. The van der Waals surface area contributed by atoms with E-state index in [0.29, 0.717) is 19.4 Å². The standard InChI is InChI=1S/C10H21NO3S/c1-2-9-15(13,14)11-7-3-5-10(11)6-4-8-12/h10,12H,2-9H2,1H3. The van der Waals surface area contributed by atoms with Crippen molar-refractivity contribution in [3.63, 3.8) is 0 Å². The Morgan fingerprint density at radius 3 is 2.80 bits per heavy atom. The first kappa shape index (κ1) is 12.9. The van der Waals surface area contributed by atoms with Crippen LogP contribution >= 0.6 is 0 Å². The molecule has 1 saturated heterocycles. The van der Waals surface area contributed by atoms with Crippen LogP contribution in [0.2, 0.25) is 0 Å². The van der Waals surface area contributed by atoms with Gasteiger partial charge in [-0.1, -0.05) is 6.92 Å². The van der Waals surface area contributed by atoms with Crippen LogP contribution in [0, 0.1) is 0 Å². The lowest BCUT2D eigenvalue weighted by Gasteiger charge is -2.23. The van der Waals surface area contributed by atoms with Gasteiger partial charge in [0.1, 0.15) is 0 Å². The summed E-state index contributed by atoms with van der Waals surface area (Å²) in [5, 5.41) is 8.75. The van der Waals surface area contributed by atoms with Crippen LogP contribution in [-0.2, 0) is 10.0 Å². The molecule has 1 rings (SSSR count). The highest BCUT2D eigenvalue weighted by Gasteiger charge is 2.32. The Labute approximate surface area is 92.3 Å². The third-order valence-electron chi connectivity index (χ3n) is 2.84. The van der Waals surface area contributed by atoms with Gasteiger partial charge in [-0.05, 0) is 32.1 Å². The van der Waals surface area contributed by atoms with Crippen molar-refractivity contribution in [3.05, 3.63) is 0 Å². The minimum absolute atomic E-state index is 0.133. The van der Waals surface area contributed by atoms with Gasteiger partial charge in [-0.25, -0.2) is 8.42 Å². The van der Waals surface area contributed by atoms with E-state index in [9.17, 15) is 8.42 Å². The highest BCUT2D eigenvalue weighted by atomic mass is 32.2. The fourth-order valence-corrected chi connectivity index (χ4v) is 3.99. The van der Waals surface area contributed by atoms with E-state index in [0.717, 1.165) is 19.3 Å². The second kappa shape index (κ2) is 5.82. The molecule has 1 unspecified atom stereocenters. The van der Waals surface area contributed by atoms with E-state index in [4.69, 9.17) is 5.11 Å². The average Bonchev–Trinajstić information content (AvgIpc) is 2.63. The van der Waals surface area contributed by atoms with E-state index in [2.05, 4.69) is 0 Å². The van der Waals surface area contributed by atoms with Gasteiger partial charge in [-0.15, -0.1) is 0 Å². The fourth-order valence-electron chi connectivity index (χ4n) is 2.17. The molecule has 5 heteroatoms. The molecule has 1 aliphatic rings. The number of aliphatic hydroxyl groups is 1. The monoisotopic (exact) mass is 235 g/mol. The summed E-state index contributed by atoms with van der Waals surface area (Å²) < 4.78 is 25.4. The largest absolute Gasteiger partial charge is 0.396 e. The molecule has 4 nitrogen and oxygen atoms in total. The molecule has 0 aliphatic carbocycles. The number of aliphatic hydroxyl groups excluding tert-OH is 1. The van der Waals surface area contributed by atoms with Crippen molar-refractivity contribution in [1.82, 2.24) is 4.31 Å². The summed E-state index contributed by atoms with van der Waals surface area (Å²) in [6.45, 7) is 2.70. The Kier molecular flexibility index (Phi) is 5.02. The Balaban J connectivity index is 2.59. The molecule has 0 amide bonds.